The Morgan fingerprint density at radius 1 is 1.54 bits per heavy atom. The second kappa shape index (κ2) is 4.61. The van der Waals surface area contributed by atoms with Crippen molar-refractivity contribution in [1.82, 2.24) is 10.1 Å². The van der Waals surface area contributed by atoms with Crippen LogP contribution in [0.3, 0.4) is 0 Å². The highest BCUT2D eigenvalue weighted by molar-refractivity contribution is 4.91. The number of rotatable bonds is 4. The zero-order chi connectivity index (χ0) is 9.68. The van der Waals surface area contributed by atoms with Crippen LogP contribution in [0.25, 0.3) is 0 Å². The number of nitrogens with zero attached hydrogens (tertiary/aromatic N) is 3. The van der Waals surface area contributed by atoms with Gasteiger partial charge in [0, 0.05) is 18.8 Å². The normalized spacial score (nSPS) is 10.3. The number of hydrogen-bond donors (Lipinski definition) is 0. The summed E-state index contributed by atoms with van der Waals surface area (Å²) in [6, 6.07) is 2.08. The van der Waals surface area contributed by atoms with Gasteiger partial charge in [-0.1, -0.05) is 19.0 Å². The third-order valence-electron chi connectivity index (χ3n) is 1.68. The molecule has 0 N–H and O–H groups in total. The van der Waals surface area contributed by atoms with Gasteiger partial charge in [-0.15, -0.1) is 0 Å². The summed E-state index contributed by atoms with van der Waals surface area (Å²) in [4.78, 5) is 4.19. The van der Waals surface area contributed by atoms with Gasteiger partial charge in [0.25, 0.3) is 0 Å². The van der Waals surface area contributed by atoms with E-state index in [4.69, 9.17) is 9.78 Å². The van der Waals surface area contributed by atoms with Crippen LogP contribution < -0.4 is 0 Å². The molecule has 1 heterocycles. The smallest absolute Gasteiger partial charge is 0.226 e. The van der Waals surface area contributed by atoms with E-state index >= 15 is 0 Å². The van der Waals surface area contributed by atoms with E-state index in [1.54, 1.807) is 0 Å². The molecular weight excluding hydrogens is 166 g/mol. The summed E-state index contributed by atoms with van der Waals surface area (Å²) in [6.07, 6.45) is 2.03. The van der Waals surface area contributed by atoms with E-state index in [0.29, 0.717) is 24.7 Å². The molecule has 0 aliphatic heterocycles. The number of unbranched alkanes of at least 4 members (excludes halogenated alkanes) is 1. The Morgan fingerprint density at radius 2 is 2.31 bits per heavy atom. The molecule has 70 valence electrons. The Balaban J connectivity index is 2.45. The van der Waals surface area contributed by atoms with Gasteiger partial charge in [0.05, 0.1) is 6.07 Å². The number of aryl methyl sites for hydroxylation is 1. The number of nitriles is 1. The molecule has 0 unspecified atom stereocenters. The van der Waals surface area contributed by atoms with E-state index in [2.05, 4.69) is 16.2 Å². The topological polar surface area (TPSA) is 62.7 Å². The van der Waals surface area contributed by atoms with Crippen molar-refractivity contribution in [3.05, 3.63) is 11.7 Å². The molecule has 1 aromatic rings. The molecule has 0 amide bonds. The SMILES string of the molecule is CC(C)c1noc(CCCC#N)n1. The predicted molar refractivity (Wildman–Crippen MR) is 46.9 cm³/mol. The molecule has 0 radical (unpaired) electrons. The Hall–Kier alpha value is -1.37. The molecule has 0 atom stereocenters. The molecule has 0 aromatic carbocycles. The van der Waals surface area contributed by atoms with Crippen LogP contribution in [0.1, 0.15) is 44.3 Å². The monoisotopic (exact) mass is 179 g/mol. The molecule has 13 heavy (non-hydrogen) atoms. The summed E-state index contributed by atoms with van der Waals surface area (Å²) in [5, 5.41) is 12.1. The fraction of sp³-hybridized carbons (Fsp3) is 0.667. The van der Waals surface area contributed by atoms with Gasteiger partial charge in [0.1, 0.15) is 0 Å². The molecule has 0 saturated heterocycles. The molecule has 4 heteroatoms. The maximum absolute atomic E-state index is 8.32. The van der Waals surface area contributed by atoms with Gasteiger partial charge in [0.2, 0.25) is 5.89 Å². The highest BCUT2D eigenvalue weighted by Gasteiger charge is 2.08. The van der Waals surface area contributed by atoms with E-state index in [-0.39, 0.29) is 0 Å². The molecule has 4 nitrogen and oxygen atoms in total. The Morgan fingerprint density at radius 3 is 2.85 bits per heavy atom. The second-order valence-corrected chi connectivity index (χ2v) is 3.21. The third-order valence-corrected chi connectivity index (χ3v) is 1.68. The fourth-order valence-electron chi connectivity index (χ4n) is 0.923. The zero-order valence-corrected chi connectivity index (χ0v) is 7.95. The van der Waals surface area contributed by atoms with Crippen molar-refractivity contribution in [2.24, 2.45) is 0 Å². The minimum absolute atomic E-state index is 0.300. The largest absolute Gasteiger partial charge is 0.339 e. The summed E-state index contributed by atoms with van der Waals surface area (Å²) in [6.45, 7) is 4.04. The third kappa shape index (κ3) is 2.86. The number of aromatic nitrogens is 2. The van der Waals surface area contributed by atoms with E-state index in [1.807, 2.05) is 13.8 Å². The van der Waals surface area contributed by atoms with Gasteiger partial charge in [0.15, 0.2) is 5.82 Å². The van der Waals surface area contributed by atoms with Crippen LogP contribution in [0.5, 0.6) is 0 Å². The van der Waals surface area contributed by atoms with E-state index in [0.717, 1.165) is 12.2 Å². The molecule has 0 aliphatic carbocycles. The Kier molecular flexibility index (Phi) is 3.44. The zero-order valence-electron chi connectivity index (χ0n) is 7.95. The van der Waals surface area contributed by atoms with Gasteiger partial charge < -0.3 is 4.52 Å². The van der Waals surface area contributed by atoms with Gasteiger partial charge in [-0.25, -0.2) is 0 Å². The first-order valence-electron chi connectivity index (χ1n) is 4.43. The second-order valence-electron chi connectivity index (χ2n) is 3.21. The van der Waals surface area contributed by atoms with Crippen molar-refractivity contribution in [3.63, 3.8) is 0 Å². The predicted octanol–water partition coefficient (Wildman–Crippen LogP) is 2.04. The van der Waals surface area contributed by atoms with Crippen LogP contribution in [0.2, 0.25) is 0 Å². The minimum atomic E-state index is 0.300. The Bertz CT molecular complexity index is 298. The van der Waals surface area contributed by atoms with Crippen molar-refractivity contribution >= 4 is 0 Å². The van der Waals surface area contributed by atoms with Gasteiger partial charge in [-0.05, 0) is 6.42 Å². The standard InChI is InChI=1S/C9H13N3O/c1-7(2)9-11-8(13-12-9)5-3-4-6-10/h7H,3-5H2,1-2H3. The lowest BCUT2D eigenvalue weighted by Gasteiger charge is -1.92. The first-order valence-corrected chi connectivity index (χ1v) is 4.43. The lowest BCUT2D eigenvalue weighted by molar-refractivity contribution is 0.369. The van der Waals surface area contributed by atoms with Crippen LogP contribution in [-0.2, 0) is 6.42 Å². The molecule has 1 aromatic heterocycles. The molecule has 0 aliphatic rings. The molecule has 0 bridgehead atoms. The number of hydrogen-bond acceptors (Lipinski definition) is 4. The molecular formula is C9H13N3O. The van der Waals surface area contributed by atoms with Crippen LogP contribution >= 0.6 is 0 Å². The highest BCUT2D eigenvalue weighted by atomic mass is 16.5. The van der Waals surface area contributed by atoms with Crippen molar-refractivity contribution < 1.29 is 4.52 Å². The van der Waals surface area contributed by atoms with Gasteiger partial charge >= 0.3 is 0 Å². The van der Waals surface area contributed by atoms with Crippen LogP contribution in [0, 0.1) is 11.3 Å². The summed E-state index contributed by atoms with van der Waals surface area (Å²) in [7, 11) is 0. The summed E-state index contributed by atoms with van der Waals surface area (Å²) in [5.74, 6) is 1.68. The summed E-state index contributed by atoms with van der Waals surface area (Å²) < 4.78 is 5.00. The van der Waals surface area contributed by atoms with E-state index < -0.39 is 0 Å². The first-order chi connectivity index (χ1) is 6.24. The van der Waals surface area contributed by atoms with Crippen molar-refractivity contribution in [2.45, 2.75) is 39.0 Å². The average Bonchev–Trinajstić information content (AvgIpc) is 2.53. The van der Waals surface area contributed by atoms with Gasteiger partial charge in [-0.3, -0.25) is 0 Å². The van der Waals surface area contributed by atoms with Crippen LogP contribution in [0.4, 0.5) is 0 Å². The molecule has 1 rings (SSSR count). The molecule has 0 saturated carbocycles. The molecule has 0 spiro atoms. The maximum Gasteiger partial charge on any atom is 0.226 e. The first kappa shape index (κ1) is 9.72. The fourth-order valence-corrected chi connectivity index (χ4v) is 0.923. The lowest BCUT2D eigenvalue weighted by Crippen LogP contribution is -1.90. The van der Waals surface area contributed by atoms with Crippen LogP contribution in [0.15, 0.2) is 4.52 Å². The quantitative estimate of drug-likeness (QED) is 0.663. The minimum Gasteiger partial charge on any atom is -0.339 e. The van der Waals surface area contributed by atoms with Crippen molar-refractivity contribution in [1.29, 1.82) is 5.26 Å². The summed E-state index contributed by atoms with van der Waals surface area (Å²) >= 11 is 0. The lowest BCUT2D eigenvalue weighted by atomic mass is 10.2. The van der Waals surface area contributed by atoms with Crippen LogP contribution in [-0.4, -0.2) is 10.1 Å². The Labute approximate surface area is 77.6 Å². The molecule has 0 fully saturated rings. The van der Waals surface area contributed by atoms with E-state index in [1.165, 1.54) is 0 Å². The average molecular weight is 179 g/mol. The van der Waals surface area contributed by atoms with Crippen molar-refractivity contribution in [2.75, 3.05) is 0 Å². The van der Waals surface area contributed by atoms with Crippen molar-refractivity contribution in [3.8, 4) is 6.07 Å². The van der Waals surface area contributed by atoms with E-state index in [9.17, 15) is 0 Å². The van der Waals surface area contributed by atoms with Gasteiger partial charge in [-0.2, -0.15) is 10.2 Å². The summed E-state index contributed by atoms with van der Waals surface area (Å²) in [5.41, 5.74) is 0. The maximum atomic E-state index is 8.32. The highest BCUT2D eigenvalue weighted by Crippen LogP contribution is 2.10.